The first-order chi connectivity index (χ1) is 11.8. The minimum absolute atomic E-state index is 0.458. The molecule has 0 aliphatic carbocycles. The van der Waals surface area contributed by atoms with Crippen molar-refractivity contribution in [2.24, 2.45) is 0 Å². The molecule has 0 aromatic heterocycles. The average molecular weight is 340 g/mol. The van der Waals surface area contributed by atoms with Crippen LogP contribution in [0.2, 0.25) is 0 Å². The summed E-state index contributed by atoms with van der Waals surface area (Å²) in [6.45, 7) is 3.25. The third kappa shape index (κ3) is 19.7. The number of carbonyl (C=O) groups is 1. The highest BCUT2D eigenvalue weighted by molar-refractivity contribution is 5.78. The summed E-state index contributed by atoms with van der Waals surface area (Å²) >= 11 is 0. The van der Waals surface area contributed by atoms with Crippen molar-refractivity contribution in [3.8, 4) is 0 Å². The van der Waals surface area contributed by atoms with Crippen LogP contribution in [-0.4, -0.2) is 19.4 Å². The molecule has 2 heteroatoms. The Morgan fingerprint density at radius 2 is 0.958 bits per heavy atom. The molecule has 2 nitrogen and oxygen atoms in total. The molecule has 0 aromatic rings. The molecule has 0 atom stereocenters. The molecule has 0 bridgehead atoms. The summed E-state index contributed by atoms with van der Waals surface area (Å²) in [4.78, 5) is 11.6. The van der Waals surface area contributed by atoms with Crippen LogP contribution >= 0.6 is 0 Å². The lowest BCUT2D eigenvalue weighted by molar-refractivity contribution is -0.119. The van der Waals surface area contributed by atoms with Crippen LogP contribution in [0.15, 0.2) is 0 Å². The largest absolute Gasteiger partial charge is 0.320 e. The van der Waals surface area contributed by atoms with E-state index in [0.717, 1.165) is 32.2 Å². The van der Waals surface area contributed by atoms with Gasteiger partial charge in [0.05, 0.1) is 0 Å². The summed E-state index contributed by atoms with van der Waals surface area (Å²) in [7, 11) is 1.94. The number of hydrogen-bond donors (Lipinski definition) is 1. The third-order valence-electron chi connectivity index (χ3n) is 4.94. The summed E-state index contributed by atoms with van der Waals surface area (Å²) < 4.78 is 0. The van der Waals surface area contributed by atoms with Crippen molar-refractivity contribution in [1.82, 2.24) is 5.32 Å². The second-order valence-corrected chi connectivity index (χ2v) is 7.45. The fourth-order valence-electron chi connectivity index (χ4n) is 3.28. The molecule has 0 aliphatic heterocycles. The molecule has 0 spiro atoms. The minimum Gasteiger partial charge on any atom is -0.320 e. The normalized spacial score (nSPS) is 11.1. The van der Waals surface area contributed by atoms with Gasteiger partial charge >= 0.3 is 0 Å². The summed E-state index contributed by atoms with van der Waals surface area (Å²) in [5, 5.41) is 3.09. The fourth-order valence-corrected chi connectivity index (χ4v) is 3.28. The fraction of sp³-hybridized carbons (Fsp3) is 0.955. The molecule has 1 N–H and O–H groups in total. The summed E-state index contributed by atoms with van der Waals surface area (Å²) in [6.07, 6.45) is 23.3. The van der Waals surface area contributed by atoms with Gasteiger partial charge in [-0.25, -0.2) is 0 Å². The molecule has 0 rings (SSSR count). The lowest BCUT2D eigenvalue weighted by Crippen LogP contribution is -2.09. The average Bonchev–Trinajstić information content (AvgIpc) is 2.58. The van der Waals surface area contributed by atoms with Crippen molar-refractivity contribution in [1.29, 1.82) is 0 Å². The molecule has 0 amide bonds. The van der Waals surface area contributed by atoms with Gasteiger partial charge in [0, 0.05) is 12.8 Å². The van der Waals surface area contributed by atoms with Gasteiger partial charge in [-0.3, -0.25) is 4.79 Å². The van der Waals surface area contributed by atoms with E-state index in [1.165, 1.54) is 89.9 Å². The molecule has 0 unspecified atom stereocenters. The maximum atomic E-state index is 11.6. The molecule has 0 radical (unpaired) electrons. The zero-order valence-corrected chi connectivity index (χ0v) is 16.8. The van der Waals surface area contributed by atoms with Crippen molar-refractivity contribution < 1.29 is 4.79 Å². The van der Waals surface area contributed by atoms with Crippen LogP contribution in [0.5, 0.6) is 0 Å². The van der Waals surface area contributed by atoms with Gasteiger partial charge in [-0.2, -0.15) is 0 Å². The molecular formula is C22H45NO. The van der Waals surface area contributed by atoms with Gasteiger partial charge in [0.15, 0.2) is 0 Å². The standard InChI is InChI=1S/C22H45NO/c1-3-4-5-6-7-8-9-10-11-12-13-14-15-16-17-19-22(24)20-18-21-23-2/h23H,3-21H2,1-2H3. The molecule has 0 heterocycles. The quantitative estimate of drug-likeness (QED) is 0.247. The van der Waals surface area contributed by atoms with Crippen molar-refractivity contribution in [2.75, 3.05) is 13.6 Å². The number of carbonyl (C=O) groups excluding carboxylic acids is 1. The maximum Gasteiger partial charge on any atom is 0.132 e. The molecule has 0 saturated heterocycles. The Balaban J connectivity index is 3.06. The number of unbranched alkanes of at least 4 members (excludes halogenated alkanes) is 14. The first-order valence-corrected chi connectivity index (χ1v) is 11.0. The molecule has 0 fully saturated rings. The Hall–Kier alpha value is -0.370. The van der Waals surface area contributed by atoms with E-state index in [-0.39, 0.29) is 0 Å². The van der Waals surface area contributed by atoms with E-state index in [4.69, 9.17) is 0 Å². The zero-order chi connectivity index (χ0) is 17.7. The van der Waals surface area contributed by atoms with E-state index in [0.29, 0.717) is 5.78 Å². The van der Waals surface area contributed by atoms with E-state index in [1.54, 1.807) is 0 Å². The van der Waals surface area contributed by atoms with Crippen LogP contribution in [0, 0.1) is 0 Å². The number of Topliss-reactive ketones (excluding diaryl/α,β-unsaturated/α-hetero) is 1. The van der Waals surface area contributed by atoms with E-state index >= 15 is 0 Å². The van der Waals surface area contributed by atoms with Gasteiger partial charge in [-0.05, 0) is 26.4 Å². The Kier molecular flexibility index (Phi) is 20.4. The van der Waals surface area contributed by atoms with Crippen LogP contribution in [0.1, 0.15) is 122 Å². The highest BCUT2D eigenvalue weighted by Gasteiger charge is 2.01. The molecule has 0 saturated carbocycles. The first-order valence-electron chi connectivity index (χ1n) is 11.0. The van der Waals surface area contributed by atoms with Crippen molar-refractivity contribution >= 4 is 5.78 Å². The summed E-state index contributed by atoms with van der Waals surface area (Å²) in [6, 6.07) is 0. The number of rotatable bonds is 20. The Bertz CT molecular complexity index is 252. The molecular weight excluding hydrogens is 294 g/mol. The van der Waals surface area contributed by atoms with Gasteiger partial charge in [0.25, 0.3) is 0 Å². The molecule has 144 valence electrons. The summed E-state index contributed by atoms with van der Waals surface area (Å²) in [5.41, 5.74) is 0. The highest BCUT2D eigenvalue weighted by Crippen LogP contribution is 2.14. The van der Waals surface area contributed by atoms with Gasteiger partial charge in [0.1, 0.15) is 5.78 Å². The first kappa shape index (κ1) is 23.6. The van der Waals surface area contributed by atoms with Gasteiger partial charge in [-0.1, -0.05) is 96.8 Å². The topological polar surface area (TPSA) is 29.1 Å². The van der Waals surface area contributed by atoms with Crippen molar-refractivity contribution in [2.45, 2.75) is 122 Å². The van der Waals surface area contributed by atoms with Crippen molar-refractivity contribution in [3.63, 3.8) is 0 Å². The van der Waals surface area contributed by atoms with Crippen LogP contribution in [0.3, 0.4) is 0 Å². The SMILES string of the molecule is CCCCCCCCCCCCCCCCCC(=O)CCCNC. The van der Waals surface area contributed by atoms with Gasteiger partial charge in [0.2, 0.25) is 0 Å². The predicted octanol–water partition coefficient (Wildman–Crippen LogP) is 6.82. The van der Waals surface area contributed by atoms with E-state index in [1.807, 2.05) is 7.05 Å². The highest BCUT2D eigenvalue weighted by atomic mass is 16.1. The lowest BCUT2D eigenvalue weighted by Gasteiger charge is -2.04. The smallest absolute Gasteiger partial charge is 0.132 e. The van der Waals surface area contributed by atoms with Gasteiger partial charge in [-0.15, -0.1) is 0 Å². The van der Waals surface area contributed by atoms with Gasteiger partial charge < -0.3 is 5.32 Å². The van der Waals surface area contributed by atoms with E-state index in [2.05, 4.69) is 12.2 Å². The Morgan fingerprint density at radius 1 is 0.583 bits per heavy atom. The third-order valence-corrected chi connectivity index (χ3v) is 4.94. The molecule has 0 aromatic carbocycles. The van der Waals surface area contributed by atoms with E-state index < -0.39 is 0 Å². The maximum absolute atomic E-state index is 11.6. The molecule has 0 aliphatic rings. The lowest BCUT2D eigenvalue weighted by atomic mass is 10.0. The number of ketones is 1. The molecule has 24 heavy (non-hydrogen) atoms. The van der Waals surface area contributed by atoms with Crippen LogP contribution in [0.4, 0.5) is 0 Å². The monoisotopic (exact) mass is 339 g/mol. The van der Waals surface area contributed by atoms with Crippen LogP contribution < -0.4 is 5.32 Å². The van der Waals surface area contributed by atoms with Crippen molar-refractivity contribution in [3.05, 3.63) is 0 Å². The summed E-state index contributed by atoms with van der Waals surface area (Å²) in [5.74, 6) is 0.458. The zero-order valence-electron chi connectivity index (χ0n) is 16.8. The Labute approximate surface area is 152 Å². The van der Waals surface area contributed by atoms with E-state index in [9.17, 15) is 4.79 Å². The minimum atomic E-state index is 0.458. The number of nitrogens with one attached hydrogen (secondary N) is 1. The van der Waals surface area contributed by atoms with Crippen LogP contribution in [0.25, 0.3) is 0 Å². The second-order valence-electron chi connectivity index (χ2n) is 7.45. The second kappa shape index (κ2) is 20.7. The Morgan fingerprint density at radius 3 is 1.38 bits per heavy atom. The predicted molar refractivity (Wildman–Crippen MR) is 108 cm³/mol. The van der Waals surface area contributed by atoms with Crippen LogP contribution in [-0.2, 0) is 4.79 Å². The number of hydrogen-bond acceptors (Lipinski definition) is 2.